The third-order valence-electron chi connectivity index (χ3n) is 2.54. The summed E-state index contributed by atoms with van der Waals surface area (Å²) in [6, 6.07) is 8.57. The summed E-state index contributed by atoms with van der Waals surface area (Å²) in [7, 11) is 0. The fourth-order valence-corrected chi connectivity index (χ4v) is 1.57. The van der Waals surface area contributed by atoms with Crippen molar-refractivity contribution in [3.8, 4) is 5.95 Å². The van der Waals surface area contributed by atoms with E-state index in [2.05, 4.69) is 15.0 Å². The zero-order chi connectivity index (χ0) is 15.5. The number of halogens is 3. The highest BCUT2D eigenvalue weighted by molar-refractivity contribution is 5.91. The third kappa shape index (κ3) is 3.74. The molecule has 2 rings (SSSR count). The number of benzene rings is 1. The van der Waals surface area contributed by atoms with Gasteiger partial charge in [-0.2, -0.15) is 13.2 Å². The van der Waals surface area contributed by atoms with E-state index in [-0.39, 0.29) is 5.56 Å². The second-order valence-electron chi connectivity index (χ2n) is 4.14. The first kappa shape index (κ1) is 14.9. The summed E-state index contributed by atoms with van der Waals surface area (Å²) in [6.45, 7) is 0.673. The van der Waals surface area contributed by atoms with Crippen LogP contribution in [-0.4, -0.2) is 17.7 Å². The van der Waals surface area contributed by atoms with Gasteiger partial charge >= 0.3 is 12.1 Å². The first-order valence-electron chi connectivity index (χ1n) is 5.89. The van der Waals surface area contributed by atoms with E-state index < -0.39 is 30.3 Å². The van der Waals surface area contributed by atoms with Crippen LogP contribution in [-0.2, 0) is 11.0 Å². The molecular weight excluding hydrogens is 289 g/mol. The number of hydrogen-bond acceptors (Lipinski definition) is 4. The minimum absolute atomic E-state index is 0.296. The van der Waals surface area contributed by atoms with Crippen LogP contribution in [0.4, 0.5) is 18.9 Å². The number of alkyl halides is 3. The molecule has 21 heavy (non-hydrogen) atoms. The van der Waals surface area contributed by atoms with Gasteiger partial charge < -0.3 is 14.6 Å². The zero-order valence-electron chi connectivity index (χ0n) is 10.9. The van der Waals surface area contributed by atoms with Crippen LogP contribution in [0, 0.1) is 6.92 Å². The van der Waals surface area contributed by atoms with Gasteiger partial charge in [0.05, 0.1) is 5.56 Å². The topological polar surface area (TPSA) is 64.4 Å². The SMILES string of the molecule is Cc1c(C(F)(F)F)noc1OCC(=O)Nc1ccccc1. The zero-order valence-corrected chi connectivity index (χ0v) is 10.9. The van der Waals surface area contributed by atoms with Crippen molar-refractivity contribution in [2.24, 2.45) is 0 Å². The molecule has 0 aliphatic rings. The Morgan fingerprint density at radius 1 is 1.33 bits per heavy atom. The van der Waals surface area contributed by atoms with Gasteiger partial charge in [0.2, 0.25) is 0 Å². The summed E-state index contributed by atoms with van der Waals surface area (Å²) in [5, 5.41) is 5.41. The van der Waals surface area contributed by atoms with Gasteiger partial charge in [0.15, 0.2) is 12.3 Å². The average Bonchev–Trinajstić information content (AvgIpc) is 2.79. The maximum atomic E-state index is 12.5. The van der Waals surface area contributed by atoms with Crippen LogP contribution in [0.1, 0.15) is 11.3 Å². The molecule has 0 unspecified atom stereocenters. The Morgan fingerprint density at radius 3 is 2.57 bits per heavy atom. The fraction of sp³-hybridized carbons (Fsp3) is 0.231. The summed E-state index contributed by atoms with van der Waals surface area (Å²) in [5.41, 5.74) is -0.910. The number of nitrogens with zero attached hydrogens (tertiary/aromatic N) is 1. The highest BCUT2D eigenvalue weighted by Crippen LogP contribution is 2.34. The molecular formula is C13H11F3N2O3. The average molecular weight is 300 g/mol. The summed E-state index contributed by atoms with van der Waals surface area (Å²) in [6.07, 6.45) is -4.62. The monoisotopic (exact) mass is 300 g/mol. The van der Waals surface area contributed by atoms with Gasteiger partial charge in [-0.15, -0.1) is 0 Å². The van der Waals surface area contributed by atoms with E-state index in [0.29, 0.717) is 5.69 Å². The summed E-state index contributed by atoms with van der Waals surface area (Å²) < 4.78 is 46.8. The molecule has 2 aromatic rings. The highest BCUT2D eigenvalue weighted by atomic mass is 19.4. The molecule has 5 nitrogen and oxygen atoms in total. The molecule has 8 heteroatoms. The molecule has 0 saturated carbocycles. The van der Waals surface area contributed by atoms with Crippen LogP contribution in [0.2, 0.25) is 0 Å². The Bertz CT molecular complexity index is 623. The number of amides is 1. The Morgan fingerprint density at radius 2 is 2.00 bits per heavy atom. The number of nitrogens with one attached hydrogen (secondary N) is 1. The summed E-state index contributed by atoms with van der Waals surface area (Å²) >= 11 is 0. The molecule has 1 N–H and O–H groups in total. The minimum atomic E-state index is -4.62. The lowest BCUT2D eigenvalue weighted by atomic mass is 10.2. The Balaban J connectivity index is 1.95. The lowest BCUT2D eigenvalue weighted by Crippen LogP contribution is -2.20. The number of hydrogen-bond donors (Lipinski definition) is 1. The largest absolute Gasteiger partial charge is 0.453 e. The van der Waals surface area contributed by atoms with Crippen LogP contribution in [0.15, 0.2) is 34.9 Å². The maximum absolute atomic E-state index is 12.5. The van der Waals surface area contributed by atoms with Crippen molar-refractivity contribution in [1.82, 2.24) is 5.16 Å². The number of carbonyl (C=O) groups excluding carboxylic acids is 1. The molecule has 0 radical (unpaired) electrons. The van der Waals surface area contributed by atoms with Crippen molar-refractivity contribution in [3.05, 3.63) is 41.6 Å². The van der Waals surface area contributed by atoms with E-state index in [9.17, 15) is 18.0 Å². The van der Waals surface area contributed by atoms with E-state index in [1.807, 2.05) is 0 Å². The van der Waals surface area contributed by atoms with E-state index in [1.165, 1.54) is 0 Å². The van der Waals surface area contributed by atoms with Crippen molar-refractivity contribution in [2.45, 2.75) is 13.1 Å². The van der Waals surface area contributed by atoms with Gasteiger partial charge in [0.25, 0.3) is 5.91 Å². The first-order chi connectivity index (χ1) is 9.88. The quantitative estimate of drug-likeness (QED) is 0.942. The molecule has 0 aliphatic carbocycles. The first-order valence-corrected chi connectivity index (χ1v) is 5.89. The number of carbonyl (C=O) groups is 1. The number of anilines is 1. The third-order valence-corrected chi connectivity index (χ3v) is 2.54. The maximum Gasteiger partial charge on any atom is 0.437 e. The van der Waals surface area contributed by atoms with Crippen molar-refractivity contribution in [2.75, 3.05) is 11.9 Å². The lowest BCUT2D eigenvalue weighted by Gasteiger charge is -2.05. The standard InChI is InChI=1S/C13H11F3N2O3/c1-8-11(13(14,15)16)18-21-12(8)20-7-10(19)17-9-5-3-2-4-6-9/h2-6H,7H2,1H3,(H,17,19). The molecule has 1 amide bonds. The van der Waals surface area contributed by atoms with Gasteiger partial charge in [0, 0.05) is 5.69 Å². The molecule has 0 fully saturated rings. The number of para-hydroxylation sites is 1. The molecule has 0 bridgehead atoms. The predicted molar refractivity (Wildman–Crippen MR) is 66.8 cm³/mol. The van der Waals surface area contributed by atoms with E-state index >= 15 is 0 Å². The normalized spacial score (nSPS) is 11.2. The Labute approximate surface area is 117 Å². The number of ether oxygens (including phenoxy) is 1. The van der Waals surface area contributed by atoms with Crippen LogP contribution < -0.4 is 10.1 Å². The predicted octanol–water partition coefficient (Wildman–Crippen LogP) is 3.02. The molecule has 0 saturated heterocycles. The molecule has 1 aromatic heterocycles. The second kappa shape index (κ2) is 5.86. The van der Waals surface area contributed by atoms with E-state index in [0.717, 1.165) is 6.92 Å². The van der Waals surface area contributed by atoms with Crippen LogP contribution in [0.5, 0.6) is 5.95 Å². The number of aromatic nitrogens is 1. The molecule has 112 valence electrons. The van der Waals surface area contributed by atoms with Gasteiger partial charge in [-0.05, 0) is 19.1 Å². The highest BCUT2D eigenvalue weighted by Gasteiger charge is 2.38. The van der Waals surface area contributed by atoms with E-state index in [1.54, 1.807) is 30.3 Å². The number of rotatable bonds is 4. The molecule has 0 spiro atoms. The molecule has 1 heterocycles. The Kier molecular flexibility index (Phi) is 4.15. The lowest BCUT2D eigenvalue weighted by molar-refractivity contribution is -0.143. The minimum Gasteiger partial charge on any atom is -0.453 e. The van der Waals surface area contributed by atoms with Gasteiger partial charge in [0.1, 0.15) is 0 Å². The van der Waals surface area contributed by atoms with Crippen molar-refractivity contribution in [1.29, 1.82) is 0 Å². The van der Waals surface area contributed by atoms with Crippen molar-refractivity contribution < 1.29 is 27.2 Å². The smallest absolute Gasteiger partial charge is 0.437 e. The molecule has 0 aliphatic heterocycles. The van der Waals surface area contributed by atoms with Gasteiger partial charge in [-0.1, -0.05) is 23.4 Å². The van der Waals surface area contributed by atoms with Crippen molar-refractivity contribution >= 4 is 11.6 Å². The van der Waals surface area contributed by atoms with Gasteiger partial charge in [-0.25, -0.2) is 0 Å². The van der Waals surface area contributed by atoms with Crippen LogP contribution in [0.25, 0.3) is 0 Å². The van der Waals surface area contributed by atoms with Crippen molar-refractivity contribution in [3.63, 3.8) is 0 Å². The van der Waals surface area contributed by atoms with E-state index in [4.69, 9.17) is 4.74 Å². The molecule has 1 aromatic carbocycles. The summed E-state index contributed by atoms with van der Waals surface area (Å²) in [4.78, 5) is 11.6. The fourth-order valence-electron chi connectivity index (χ4n) is 1.57. The van der Waals surface area contributed by atoms with Crippen LogP contribution >= 0.6 is 0 Å². The molecule has 0 atom stereocenters. The summed E-state index contributed by atoms with van der Waals surface area (Å²) in [5.74, 6) is -0.948. The van der Waals surface area contributed by atoms with Crippen LogP contribution in [0.3, 0.4) is 0 Å². The Hall–Kier alpha value is -2.51. The van der Waals surface area contributed by atoms with Gasteiger partial charge in [-0.3, -0.25) is 4.79 Å². The second-order valence-corrected chi connectivity index (χ2v) is 4.14.